The largest absolute Gasteiger partial charge is 0.493 e. The van der Waals surface area contributed by atoms with Crippen molar-refractivity contribution in [3.8, 4) is 17.2 Å². The standard InChI is InChI=1S/C22H31N3O5/c1-26-18-12-15(13-19(27-2)21(18)28-3)14-25-9-6-17(7-10-25)29-11-8-20-23-22(30-24-20)16-4-5-16/h12-13,16-17H,4-11,14H2,1-3H3. The molecule has 2 aromatic rings. The average Bonchev–Trinajstić information content (AvgIpc) is 3.52. The number of piperidine rings is 1. The quantitative estimate of drug-likeness (QED) is 0.583. The van der Waals surface area contributed by atoms with Crippen molar-refractivity contribution in [1.82, 2.24) is 15.0 Å². The van der Waals surface area contributed by atoms with Crippen molar-refractivity contribution in [2.24, 2.45) is 0 Å². The number of rotatable bonds is 10. The summed E-state index contributed by atoms with van der Waals surface area (Å²) in [7, 11) is 4.91. The molecule has 1 saturated heterocycles. The van der Waals surface area contributed by atoms with Crippen LogP contribution in [0.15, 0.2) is 16.7 Å². The smallest absolute Gasteiger partial charge is 0.229 e. The van der Waals surface area contributed by atoms with Gasteiger partial charge in [-0.05, 0) is 43.4 Å². The maximum Gasteiger partial charge on any atom is 0.229 e. The molecule has 0 spiro atoms. The first-order valence-electron chi connectivity index (χ1n) is 10.7. The normalized spacial score (nSPS) is 17.8. The van der Waals surface area contributed by atoms with Crippen molar-refractivity contribution < 1.29 is 23.5 Å². The number of hydrogen-bond donors (Lipinski definition) is 0. The van der Waals surface area contributed by atoms with Crippen molar-refractivity contribution in [2.75, 3.05) is 41.0 Å². The summed E-state index contributed by atoms with van der Waals surface area (Å²) in [6.45, 7) is 3.47. The summed E-state index contributed by atoms with van der Waals surface area (Å²) in [5, 5.41) is 4.06. The molecule has 8 nitrogen and oxygen atoms in total. The Kier molecular flexibility index (Phi) is 6.74. The van der Waals surface area contributed by atoms with Gasteiger partial charge < -0.3 is 23.5 Å². The molecule has 0 N–H and O–H groups in total. The van der Waals surface area contributed by atoms with Gasteiger partial charge in [-0.25, -0.2) is 0 Å². The van der Waals surface area contributed by atoms with Gasteiger partial charge in [0.15, 0.2) is 17.3 Å². The SMILES string of the molecule is COc1cc(CN2CCC(OCCc3noc(C4CC4)n3)CC2)cc(OC)c1OC. The molecule has 0 bridgehead atoms. The molecule has 30 heavy (non-hydrogen) atoms. The second-order valence-electron chi connectivity index (χ2n) is 7.95. The lowest BCUT2D eigenvalue weighted by molar-refractivity contribution is 0.00673. The highest BCUT2D eigenvalue weighted by Crippen LogP contribution is 2.39. The summed E-state index contributed by atoms with van der Waals surface area (Å²) >= 11 is 0. The Morgan fingerprint density at radius 1 is 1.00 bits per heavy atom. The van der Waals surface area contributed by atoms with Gasteiger partial charge in [-0.2, -0.15) is 4.98 Å². The van der Waals surface area contributed by atoms with Gasteiger partial charge in [0.1, 0.15) is 0 Å². The van der Waals surface area contributed by atoms with E-state index in [0.29, 0.717) is 36.2 Å². The van der Waals surface area contributed by atoms with E-state index in [1.165, 1.54) is 12.8 Å². The van der Waals surface area contributed by atoms with Crippen LogP contribution in [-0.4, -0.2) is 62.2 Å². The molecule has 2 aliphatic rings. The van der Waals surface area contributed by atoms with Gasteiger partial charge in [0.05, 0.1) is 34.0 Å². The third kappa shape index (κ3) is 5.05. The molecule has 1 aliphatic carbocycles. The molecular weight excluding hydrogens is 386 g/mol. The van der Waals surface area contributed by atoms with Crippen LogP contribution >= 0.6 is 0 Å². The third-order valence-electron chi connectivity index (χ3n) is 5.75. The Balaban J connectivity index is 1.22. The molecule has 8 heteroatoms. The lowest BCUT2D eigenvalue weighted by atomic mass is 10.1. The number of hydrogen-bond acceptors (Lipinski definition) is 8. The number of likely N-dealkylation sites (tertiary alicyclic amines) is 1. The first kappa shape index (κ1) is 20.9. The van der Waals surface area contributed by atoms with E-state index in [2.05, 4.69) is 15.0 Å². The van der Waals surface area contributed by atoms with Crippen LogP contribution in [0.3, 0.4) is 0 Å². The Morgan fingerprint density at radius 2 is 1.70 bits per heavy atom. The van der Waals surface area contributed by atoms with E-state index in [1.807, 2.05) is 12.1 Å². The fourth-order valence-corrected chi connectivity index (χ4v) is 3.90. The molecule has 2 fully saturated rings. The first-order valence-corrected chi connectivity index (χ1v) is 10.7. The van der Waals surface area contributed by atoms with E-state index in [9.17, 15) is 0 Å². The molecular formula is C22H31N3O5. The van der Waals surface area contributed by atoms with Crippen molar-refractivity contribution in [3.63, 3.8) is 0 Å². The molecule has 1 saturated carbocycles. The van der Waals surface area contributed by atoms with Gasteiger partial charge in [-0.15, -0.1) is 0 Å². The van der Waals surface area contributed by atoms with Gasteiger partial charge in [0.25, 0.3) is 0 Å². The highest BCUT2D eigenvalue weighted by molar-refractivity contribution is 5.53. The number of benzene rings is 1. The van der Waals surface area contributed by atoms with E-state index < -0.39 is 0 Å². The van der Waals surface area contributed by atoms with Gasteiger partial charge in [0, 0.05) is 32.0 Å². The van der Waals surface area contributed by atoms with Crippen LogP contribution in [0.4, 0.5) is 0 Å². The molecule has 1 aromatic carbocycles. The fourth-order valence-electron chi connectivity index (χ4n) is 3.90. The first-order chi connectivity index (χ1) is 14.7. The van der Waals surface area contributed by atoms with E-state index in [1.54, 1.807) is 21.3 Å². The zero-order valence-corrected chi connectivity index (χ0v) is 18.1. The van der Waals surface area contributed by atoms with Gasteiger partial charge in [0.2, 0.25) is 11.6 Å². The van der Waals surface area contributed by atoms with Crippen LogP contribution in [0.2, 0.25) is 0 Å². The highest BCUT2D eigenvalue weighted by atomic mass is 16.5. The van der Waals surface area contributed by atoms with Gasteiger partial charge >= 0.3 is 0 Å². The topological polar surface area (TPSA) is 79.1 Å². The van der Waals surface area contributed by atoms with Crippen molar-refractivity contribution in [2.45, 2.75) is 50.7 Å². The minimum atomic E-state index is 0.288. The monoisotopic (exact) mass is 417 g/mol. The molecule has 0 radical (unpaired) electrons. The van der Waals surface area contributed by atoms with Crippen LogP contribution in [0.25, 0.3) is 0 Å². The lowest BCUT2D eigenvalue weighted by Gasteiger charge is -2.32. The molecule has 164 valence electrons. The maximum absolute atomic E-state index is 6.07. The van der Waals surface area contributed by atoms with Crippen LogP contribution in [0.5, 0.6) is 17.2 Å². The predicted molar refractivity (Wildman–Crippen MR) is 110 cm³/mol. The third-order valence-corrected chi connectivity index (χ3v) is 5.75. The molecule has 1 aromatic heterocycles. The molecule has 0 atom stereocenters. The fraction of sp³-hybridized carbons (Fsp3) is 0.636. The van der Waals surface area contributed by atoms with Gasteiger partial charge in [-0.3, -0.25) is 4.90 Å². The van der Waals surface area contributed by atoms with Crippen molar-refractivity contribution in [1.29, 1.82) is 0 Å². The van der Waals surface area contributed by atoms with E-state index >= 15 is 0 Å². The zero-order chi connectivity index (χ0) is 20.9. The number of ether oxygens (including phenoxy) is 4. The Morgan fingerprint density at radius 3 is 2.30 bits per heavy atom. The summed E-state index contributed by atoms with van der Waals surface area (Å²) in [4.78, 5) is 6.89. The molecule has 4 rings (SSSR count). The van der Waals surface area contributed by atoms with Crippen molar-refractivity contribution in [3.05, 3.63) is 29.4 Å². The van der Waals surface area contributed by atoms with Crippen LogP contribution in [0.1, 0.15) is 48.9 Å². The Hall–Kier alpha value is -2.32. The summed E-state index contributed by atoms with van der Waals surface area (Å²) in [6.07, 6.45) is 5.38. The average molecular weight is 418 g/mol. The van der Waals surface area contributed by atoms with E-state index in [-0.39, 0.29) is 6.10 Å². The van der Waals surface area contributed by atoms with Crippen LogP contribution in [0, 0.1) is 0 Å². The molecule has 0 unspecified atom stereocenters. The predicted octanol–water partition coefficient (Wildman–Crippen LogP) is 3.20. The summed E-state index contributed by atoms with van der Waals surface area (Å²) < 4.78 is 27.7. The second kappa shape index (κ2) is 9.66. The zero-order valence-electron chi connectivity index (χ0n) is 18.1. The summed E-state index contributed by atoms with van der Waals surface area (Å²) in [6, 6.07) is 4.04. The maximum atomic E-state index is 6.07. The second-order valence-corrected chi connectivity index (χ2v) is 7.95. The lowest BCUT2D eigenvalue weighted by Crippen LogP contribution is -2.36. The molecule has 0 amide bonds. The molecule has 1 aliphatic heterocycles. The minimum Gasteiger partial charge on any atom is -0.493 e. The van der Waals surface area contributed by atoms with E-state index in [0.717, 1.165) is 49.8 Å². The number of nitrogens with zero attached hydrogens (tertiary/aromatic N) is 3. The number of methoxy groups -OCH3 is 3. The van der Waals surface area contributed by atoms with Crippen LogP contribution < -0.4 is 14.2 Å². The van der Waals surface area contributed by atoms with E-state index in [4.69, 9.17) is 23.5 Å². The summed E-state index contributed by atoms with van der Waals surface area (Å²) in [5.74, 6) is 4.07. The summed E-state index contributed by atoms with van der Waals surface area (Å²) in [5.41, 5.74) is 1.15. The van der Waals surface area contributed by atoms with Crippen LogP contribution in [-0.2, 0) is 17.7 Å². The van der Waals surface area contributed by atoms with Crippen molar-refractivity contribution >= 4 is 0 Å². The minimum absolute atomic E-state index is 0.288. The Labute approximate surface area is 177 Å². The number of aromatic nitrogens is 2. The molecule has 2 heterocycles. The Bertz CT molecular complexity index is 803. The highest BCUT2D eigenvalue weighted by Gasteiger charge is 2.29. The van der Waals surface area contributed by atoms with Gasteiger partial charge in [-0.1, -0.05) is 5.16 Å².